The minimum atomic E-state index is 0.182. The van der Waals surface area contributed by atoms with Crippen molar-refractivity contribution in [1.29, 1.82) is 5.26 Å². The van der Waals surface area contributed by atoms with E-state index in [9.17, 15) is 4.79 Å². The second kappa shape index (κ2) is 3.70. The van der Waals surface area contributed by atoms with Crippen molar-refractivity contribution in [2.75, 3.05) is 0 Å². The largest absolute Gasteiger partial charge is 0.294 e. The number of carbonyl (C=O) groups excluding carboxylic acids is 1. The highest BCUT2D eigenvalue weighted by atomic mass is 16.1. The van der Waals surface area contributed by atoms with Gasteiger partial charge in [-0.1, -0.05) is 12.1 Å². The van der Waals surface area contributed by atoms with Crippen LogP contribution in [0.25, 0.3) is 10.9 Å². The third kappa shape index (κ3) is 1.60. The zero-order chi connectivity index (χ0) is 11.8. The van der Waals surface area contributed by atoms with Gasteiger partial charge in [-0.05, 0) is 18.9 Å². The number of benzene rings is 1. The first-order chi connectivity index (χ1) is 8.31. The van der Waals surface area contributed by atoms with Gasteiger partial charge in [-0.3, -0.25) is 4.79 Å². The van der Waals surface area contributed by atoms with Crippen molar-refractivity contribution in [3.63, 3.8) is 0 Å². The molecule has 4 nitrogen and oxygen atoms in total. The van der Waals surface area contributed by atoms with Gasteiger partial charge in [0, 0.05) is 16.9 Å². The van der Waals surface area contributed by atoms with E-state index in [1.165, 1.54) is 0 Å². The number of fused-ring (bicyclic) bond motifs is 1. The molecule has 1 aromatic carbocycles. The van der Waals surface area contributed by atoms with Crippen LogP contribution in [0.4, 0.5) is 0 Å². The van der Waals surface area contributed by atoms with Gasteiger partial charge in [-0.15, -0.1) is 0 Å². The predicted molar refractivity (Wildman–Crippen MR) is 61.2 cm³/mol. The Labute approximate surface area is 98.5 Å². The summed E-state index contributed by atoms with van der Waals surface area (Å²) in [5, 5.41) is 13.4. The zero-order valence-electron chi connectivity index (χ0n) is 9.18. The summed E-state index contributed by atoms with van der Waals surface area (Å²) in [4.78, 5) is 12.1. The summed E-state index contributed by atoms with van der Waals surface area (Å²) >= 11 is 0. The summed E-state index contributed by atoms with van der Waals surface area (Å²) in [6.45, 7) is 0.182. The normalized spacial score (nSPS) is 14.8. The van der Waals surface area contributed by atoms with Crippen LogP contribution in [-0.2, 0) is 6.54 Å². The molecular formula is C13H10N3O. The van der Waals surface area contributed by atoms with Crippen LogP contribution in [-0.4, -0.2) is 15.6 Å². The van der Waals surface area contributed by atoms with Crippen molar-refractivity contribution in [3.05, 3.63) is 30.0 Å². The molecule has 17 heavy (non-hydrogen) atoms. The third-order valence-electron chi connectivity index (χ3n) is 3.04. The number of Topliss-reactive ketones (excluding diaryl/α,β-unsaturated/α-hetero) is 1. The third-order valence-corrected chi connectivity index (χ3v) is 3.04. The number of carbonyl (C=O) groups is 1. The monoisotopic (exact) mass is 224 g/mol. The molecule has 4 heteroatoms. The van der Waals surface area contributed by atoms with Crippen molar-refractivity contribution >= 4 is 16.7 Å². The van der Waals surface area contributed by atoms with E-state index in [4.69, 9.17) is 5.26 Å². The topological polar surface area (TPSA) is 58.7 Å². The lowest BCUT2D eigenvalue weighted by atomic mass is 10.0. The van der Waals surface area contributed by atoms with Crippen LogP contribution in [0.5, 0.6) is 0 Å². The first-order valence-electron chi connectivity index (χ1n) is 5.59. The number of hydrogen-bond acceptors (Lipinski definition) is 3. The fraction of sp³-hybridized carbons (Fsp3) is 0.308. The van der Waals surface area contributed by atoms with Crippen molar-refractivity contribution in [2.24, 2.45) is 5.92 Å². The van der Waals surface area contributed by atoms with Crippen molar-refractivity contribution in [2.45, 2.75) is 19.4 Å². The Morgan fingerprint density at radius 2 is 2.41 bits per heavy atom. The maximum atomic E-state index is 12.1. The molecule has 1 fully saturated rings. The van der Waals surface area contributed by atoms with Gasteiger partial charge < -0.3 is 0 Å². The van der Waals surface area contributed by atoms with Crippen molar-refractivity contribution in [3.8, 4) is 6.07 Å². The highest BCUT2D eigenvalue weighted by molar-refractivity contribution is 6.09. The Bertz CT molecular complexity index is 632. The number of aromatic nitrogens is 2. The van der Waals surface area contributed by atoms with Crippen LogP contribution in [0.15, 0.2) is 18.2 Å². The molecule has 0 amide bonds. The van der Waals surface area contributed by atoms with Gasteiger partial charge in [-0.2, -0.15) is 10.4 Å². The summed E-state index contributed by atoms with van der Waals surface area (Å²) < 4.78 is 1.57. The SMILES string of the molecule is N#CCn1n[c]c2c(C(=O)C3CC3)cccc21. The Morgan fingerprint density at radius 1 is 1.59 bits per heavy atom. The Balaban J connectivity index is 2.13. The van der Waals surface area contributed by atoms with E-state index in [2.05, 4.69) is 11.3 Å². The van der Waals surface area contributed by atoms with Gasteiger partial charge in [0.25, 0.3) is 0 Å². The van der Waals surface area contributed by atoms with Gasteiger partial charge in [0.15, 0.2) is 5.78 Å². The fourth-order valence-corrected chi connectivity index (χ4v) is 2.00. The second-order valence-electron chi connectivity index (χ2n) is 4.27. The first kappa shape index (κ1) is 10.0. The Kier molecular flexibility index (Phi) is 2.19. The van der Waals surface area contributed by atoms with E-state index in [1.54, 1.807) is 4.68 Å². The molecule has 1 aromatic heterocycles. The van der Waals surface area contributed by atoms with E-state index in [-0.39, 0.29) is 18.2 Å². The molecular weight excluding hydrogens is 214 g/mol. The van der Waals surface area contributed by atoms with Crippen LogP contribution in [0.1, 0.15) is 23.2 Å². The van der Waals surface area contributed by atoms with Crippen molar-refractivity contribution < 1.29 is 4.79 Å². The lowest BCUT2D eigenvalue weighted by Gasteiger charge is -2.01. The van der Waals surface area contributed by atoms with Crippen LogP contribution < -0.4 is 0 Å². The Morgan fingerprint density at radius 3 is 3.12 bits per heavy atom. The summed E-state index contributed by atoms with van der Waals surface area (Å²) in [6.07, 6.45) is 4.82. The number of hydrogen-bond donors (Lipinski definition) is 0. The van der Waals surface area contributed by atoms with Crippen molar-refractivity contribution in [1.82, 2.24) is 9.78 Å². The first-order valence-corrected chi connectivity index (χ1v) is 5.59. The van der Waals surface area contributed by atoms with E-state index >= 15 is 0 Å². The van der Waals surface area contributed by atoms with E-state index in [0.717, 1.165) is 23.7 Å². The fourth-order valence-electron chi connectivity index (χ4n) is 2.00. The molecule has 3 rings (SSSR count). The minimum absolute atomic E-state index is 0.182. The number of nitriles is 1. The maximum absolute atomic E-state index is 12.1. The molecule has 0 N–H and O–H groups in total. The highest BCUT2D eigenvalue weighted by Gasteiger charge is 2.31. The average molecular weight is 224 g/mol. The molecule has 1 radical (unpaired) electrons. The molecule has 0 saturated heterocycles. The van der Waals surface area contributed by atoms with Gasteiger partial charge in [0.1, 0.15) is 12.7 Å². The van der Waals surface area contributed by atoms with Gasteiger partial charge in [0.05, 0.1) is 11.6 Å². The lowest BCUT2D eigenvalue weighted by Crippen LogP contribution is -2.02. The van der Waals surface area contributed by atoms with Gasteiger partial charge >= 0.3 is 0 Å². The molecule has 1 aliphatic rings. The van der Waals surface area contributed by atoms with E-state index in [1.807, 2.05) is 24.3 Å². The lowest BCUT2D eigenvalue weighted by molar-refractivity contribution is 0.0969. The Hall–Kier alpha value is -2.15. The van der Waals surface area contributed by atoms with Crippen LogP contribution in [0.3, 0.4) is 0 Å². The summed E-state index contributed by atoms with van der Waals surface area (Å²) in [6, 6.07) is 7.55. The minimum Gasteiger partial charge on any atom is -0.294 e. The molecule has 0 spiro atoms. The van der Waals surface area contributed by atoms with E-state index in [0.29, 0.717) is 5.56 Å². The second-order valence-corrected chi connectivity index (χ2v) is 4.27. The van der Waals surface area contributed by atoms with Gasteiger partial charge in [0.2, 0.25) is 0 Å². The molecule has 2 aromatic rings. The number of ketones is 1. The quantitative estimate of drug-likeness (QED) is 0.749. The molecule has 0 atom stereocenters. The molecule has 1 aliphatic carbocycles. The molecule has 0 bridgehead atoms. The van der Waals surface area contributed by atoms with Crippen LogP contribution >= 0.6 is 0 Å². The predicted octanol–water partition coefficient (Wildman–Crippen LogP) is 1.95. The zero-order valence-corrected chi connectivity index (χ0v) is 9.18. The maximum Gasteiger partial charge on any atom is 0.166 e. The standard InChI is InChI=1S/C13H10N3O/c14-6-7-16-12-3-1-2-10(11(12)8-15-16)13(17)9-4-5-9/h1-3,9H,4-5,7H2. The summed E-state index contributed by atoms with van der Waals surface area (Å²) in [5.41, 5.74) is 1.49. The summed E-state index contributed by atoms with van der Waals surface area (Å²) in [7, 11) is 0. The van der Waals surface area contributed by atoms with E-state index < -0.39 is 0 Å². The smallest absolute Gasteiger partial charge is 0.166 e. The van der Waals surface area contributed by atoms with Crippen LogP contribution in [0, 0.1) is 23.4 Å². The average Bonchev–Trinajstić information content (AvgIpc) is 3.12. The molecule has 0 unspecified atom stereocenters. The molecule has 1 saturated carbocycles. The van der Waals surface area contributed by atoms with Gasteiger partial charge in [-0.25, -0.2) is 4.68 Å². The van der Waals surface area contributed by atoms with Crippen LogP contribution in [0.2, 0.25) is 0 Å². The highest BCUT2D eigenvalue weighted by Crippen LogP contribution is 2.34. The number of nitrogens with zero attached hydrogens (tertiary/aromatic N) is 3. The molecule has 0 aliphatic heterocycles. The molecule has 83 valence electrons. The molecule has 1 heterocycles. The summed E-state index contributed by atoms with van der Waals surface area (Å²) in [5.74, 6) is 0.372. The number of rotatable bonds is 3.